The van der Waals surface area contributed by atoms with Crippen LogP contribution in [0.3, 0.4) is 0 Å². The van der Waals surface area contributed by atoms with Gasteiger partial charge in [-0.15, -0.1) is 0 Å². The van der Waals surface area contributed by atoms with Crippen LogP contribution in [-0.2, 0) is 6.54 Å². The monoisotopic (exact) mass is 324 g/mol. The van der Waals surface area contributed by atoms with Gasteiger partial charge >= 0.3 is 0 Å². The summed E-state index contributed by atoms with van der Waals surface area (Å²) in [5, 5.41) is 22.7. The minimum atomic E-state index is -0.417. The molecule has 1 aromatic heterocycles. The highest BCUT2D eigenvalue weighted by atomic mass is 16.3. The molecule has 1 atom stereocenters. The summed E-state index contributed by atoms with van der Waals surface area (Å²) < 4.78 is 2.23. The fourth-order valence-electron chi connectivity index (χ4n) is 3.87. The van der Waals surface area contributed by atoms with Gasteiger partial charge < -0.3 is 19.7 Å². The van der Waals surface area contributed by atoms with Crippen LogP contribution >= 0.6 is 0 Å². The molecule has 0 radical (unpaired) electrons. The highest BCUT2D eigenvalue weighted by Crippen LogP contribution is 2.29. The molecule has 1 aliphatic rings. The van der Waals surface area contributed by atoms with Crippen LogP contribution in [0.1, 0.15) is 12.8 Å². The second-order valence-corrected chi connectivity index (χ2v) is 6.83. The van der Waals surface area contributed by atoms with Gasteiger partial charge in [0.25, 0.3) is 0 Å². The Morgan fingerprint density at radius 3 is 2.00 bits per heavy atom. The standard InChI is InChI=1S/C20H24N2O2/c23-15-9-11-21(12-10-15)13-16(24)14-22-19-7-3-1-5-17(19)18-6-2-4-8-20(18)22/h1-8,15-16,23-24H,9-14H2/t16-/m1/s1. The van der Waals surface area contributed by atoms with Crippen molar-refractivity contribution in [2.24, 2.45) is 0 Å². The summed E-state index contributed by atoms with van der Waals surface area (Å²) in [4.78, 5) is 2.26. The molecule has 0 unspecified atom stereocenters. The third-order valence-electron chi connectivity index (χ3n) is 5.10. The van der Waals surface area contributed by atoms with Gasteiger partial charge in [-0.25, -0.2) is 0 Å². The Balaban J connectivity index is 1.59. The first kappa shape index (κ1) is 15.6. The van der Waals surface area contributed by atoms with Crippen molar-refractivity contribution in [2.75, 3.05) is 19.6 Å². The van der Waals surface area contributed by atoms with Gasteiger partial charge in [-0.3, -0.25) is 0 Å². The van der Waals surface area contributed by atoms with Gasteiger partial charge in [0.1, 0.15) is 0 Å². The van der Waals surface area contributed by atoms with Gasteiger partial charge in [-0.05, 0) is 25.0 Å². The predicted octanol–water partition coefficient (Wildman–Crippen LogP) is 2.61. The summed E-state index contributed by atoms with van der Waals surface area (Å²) in [7, 11) is 0. The number of rotatable bonds is 4. The fraction of sp³-hybridized carbons (Fsp3) is 0.400. The Hall–Kier alpha value is -1.88. The van der Waals surface area contributed by atoms with Crippen molar-refractivity contribution >= 4 is 21.8 Å². The van der Waals surface area contributed by atoms with Crippen molar-refractivity contribution < 1.29 is 10.2 Å². The Morgan fingerprint density at radius 2 is 1.42 bits per heavy atom. The van der Waals surface area contributed by atoms with Gasteiger partial charge in [-0.1, -0.05) is 36.4 Å². The smallest absolute Gasteiger partial charge is 0.0845 e. The molecule has 1 fully saturated rings. The zero-order valence-corrected chi connectivity index (χ0v) is 13.8. The molecule has 0 spiro atoms. The van der Waals surface area contributed by atoms with E-state index in [9.17, 15) is 10.2 Å². The van der Waals surface area contributed by atoms with E-state index in [4.69, 9.17) is 0 Å². The summed E-state index contributed by atoms with van der Waals surface area (Å²) in [5.74, 6) is 0. The van der Waals surface area contributed by atoms with Crippen molar-refractivity contribution in [3.63, 3.8) is 0 Å². The minimum absolute atomic E-state index is 0.171. The average molecular weight is 324 g/mol. The number of β-amino-alcohol motifs (C(OH)–C–C–N with tert-alkyl or cyclic N) is 1. The van der Waals surface area contributed by atoms with Crippen molar-refractivity contribution in [1.82, 2.24) is 9.47 Å². The number of piperidine rings is 1. The van der Waals surface area contributed by atoms with Gasteiger partial charge in [0.05, 0.1) is 18.8 Å². The van der Waals surface area contributed by atoms with E-state index in [2.05, 4.69) is 58.0 Å². The summed E-state index contributed by atoms with van der Waals surface area (Å²) in [6, 6.07) is 16.8. The maximum atomic E-state index is 10.6. The Bertz CT molecular complexity index is 781. The molecule has 0 saturated carbocycles. The number of para-hydroxylation sites is 2. The third-order valence-corrected chi connectivity index (χ3v) is 5.10. The topological polar surface area (TPSA) is 48.6 Å². The molecular weight excluding hydrogens is 300 g/mol. The first-order valence-electron chi connectivity index (χ1n) is 8.77. The lowest BCUT2D eigenvalue weighted by molar-refractivity contribution is 0.0466. The van der Waals surface area contributed by atoms with Crippen molar-refractivity contribution in [3.8, 4) is 0 Å². The highest BCUT2D eigenvalue weighted by Gasteiger charge is 2.20. The second-order valence-electron chi connectivity index (χ2n) is 6.83. The summed E-state index contributed by atoms with van der Waals surface area (Å²) in [5.41, 5.74) is 2.35. The van der Waals surface area contributed by atoms with Crippen LogP contribution in [0, 0.1) is 0 Å². The quantitative estimate of drug-likeness (QED) is 0.775. The molecule has 1 aliphatic heterocycles. The zero-order chi connectivity index (χ0) is 16.5. The van der Waals surface area contributed by atoms with Crippen LogP contribution in [0.25, 0.3) is 21.8 Å². The van der Waals surface area contributed by atoms with Crippen LogP contribution in [-0.4, -0.2) is 51.5 Å². The fourth-order valence-corrected chi connectivity index (χ4v) is 3.87. The number of aromatic nitrogens is 1. The van der Waals surface area contributed by atoms with Crippen LogP contribution in [0.15, 0.2) is 48.5 Å². The Morgan fingerprint density at radius 1 is 0.875 bits per heavy atom. The molecule has 2 heterocycles. The second kappa shape index (κ2) is 6.55. The average Bonchev–Trinajstić information content (AvgIpc) is 2.92. The number of aliphatic hydroxyl groups is 2. The molecular formula is C20H24N2O2. The van der Waals surface area contributed by atoms with E-state index in [1.54, 1.807) is 0 Å². The SMILES string of the molecule is OC1CCN(C[C@@H](O)Cn2c3ccccc3c3ccccc32)CC1. The number of benzene rings is 2. The Labute approximate surface area is 141 Å². The number of hydrogen-bond donors (Lipinski definition) is 2. The molecule has 2 aromatic carbocycles. The summed E-state index contributed by atoms with van der Waals surface area (Å²) in [6.45, 7) is 2.98. The van der Waals surface area contributed by atoms with Crippen molar-refractivity contribution in [2.45, 2.75) is 31.6 Å². The summed E-state index contributed by atoms with van der Waals surface area (Å²) in [6.07, 6.45) is 1.03. The Kier molecular flexibility index (Phi) is 4.27. The molecule has 4 heteroatoms. The van der Waals surface area contributed by atoms with Gasteiger partial charge in [0.2, 0.25) is 0 Å². The first-order valence-corrected chi connectivity index (χ1v) is 8.77. The highest BCUT2D eigenvalue weighted by molar-refractivity contribution is 6.07. The van der Waals surface area contributed by atoms with E-state index in [0.29, 0.717) is 13.1 Å². The number of hydrogen-bond acceptors (Lipinski definition) is 3. The molecule has 0 aliphatic carbocycles. The predicted molar refractivity (Wildman–Crippen MR) is 97.1 cm³/mol. The molecule has 4 rings (SSSR count). The van der Waals surface area contributed by atoms with E-state index in [1.807, 2.05) is 0 Å². The van der Waals surface area contributed by atoms with Crippen molar-refractivity contribution in [3.05, 3.63) is 48.5 Å². The van der Waals surface area contributed by atoms with E-state index in [1.165, 1.54) is 21.8 Å². The molecule has 1 saturated heterocycles. The number of fused-ring (bicyclic) bond motifs is 3. The van der Waals surface area contributed by atoms with Crippen molar-refractivity contribution in [1.29, 1.82) is 0 Å². The first-order chi connectivity index (χ1) is 11.7. The molecule has 0 amide bonds. The lowest BCUT2D eigenvalue weighted by atomic mass is 10.1. The lowest BCUT2D eigenvalue weighted by Crippen LogP contribution is -2.41. The normalized spacial score (nSPS) is 18.4. The van der Waals surface area contributed by atoms with E-state index >= 15 is 0 Å². The van der Waals surface area contributed by atoms with E-state index < -0.39 is 6.10 Å². The van der Waals surface area contributed by atoms with Gasteiger partial charge in [0.15, 0.2) is 0 Å². The molecule has 126 valence electrons. The van der Waals surface area contributed by atoms with E-state index in [-0.39, 0.29) is 6.10 Å². The van der Waals surface area contributed by atoms with Gasteiger partial charge in [0, 0.05) is 41.4 Å². The van der Waals surface area contributed by atoms with Crippen LogP contribution in [0.5, 0.6) is 0 Å². The number of likely N-dealkylation sites (tertiary alicyclic amines) is 1. The molecule has 2 N–H and O–H groups in total. The minimum Gasteiger partial charge on any atom is -0.393 e. The molecule has 4 nitrogen and oxygen atoms in total. The van der Waals surface area contributed by atoms with Crippen LogP contribution in [0.4, 0.5) is 0 Å². The van der Waals surface area contributed by atoms with Crippen LogP contribution in [0.2, 0.25) is 0 Å². The number of aliphatic hydroxyl groups excluding tert-OH is 2. The molecule has 0 bridgehead atoms. The van der Waals surface area contributed by atoms with Crippen LogP contribution < -0.4 is 0 Å². The largest absolute Gasteiger partial charge is 0.393 e. The maximum Gasteiger partial charge on any atom is 0.0845 e. The number of nitrogens with zero attached hydrogens (tertiary/aromatic N) is 2. The van der Waals surface area contributed by atoms with E-state index in [0.717, 1.165) is 25.9 Å². The lowest BCUT2D eigenvalue weighted by Gasteiger charge is -2.31. The third kappa shape index (κ3) is 2.93. The zero-order valence-electron chi connectivity index (χ0n) is 13.8. The molecule has 24 heavy (non-hydrogen) atoms. The van der Waals surface area contributed by atoms with Gasteiger partial charge in [-0.2, -0.15) is 0 Å². The summed E-state index contributed by atoms with van der Waals surface area (Å²) >= 11 is 0. The molecule has 3 aromatic rings. The maximum absolute atomic E-state index is 10.6.